The SMILES string of the molecule is Cc1cc(F)cc(C(=O)NC(C)C(C)CCl)c1. The first-order chi connectivity index (χ1) is 7.93. The summed E-state index contributed by atoms with van der Waals surface area (Å²) in [5.41, 5.74) is 1.07. The van der Waals surface area contributed by atoms with Crippen molar-refractivity contribution in [2.75, 3.05) is 5.88 Å². The summed E-state index contributed by atoms with van der Waals surface area (Å²) in [6.45, 7) is 5.59. The Hall–Kier alpha value is -1.09. The molecule has 0 radical (unpaired) electrons. The van der Waals surface area contributed by atoms with Gasteiger partial charge < -0.3 is 5.32 Å². The van der Waals surface area contributed by atoms with Crippen molar-refractivity contribution in [3.8, 4) is 0 Å². The third-order valence-electron chi connectivity index (χ3n) is 2.76. The van der Waals surface area contributed by atoms with Crippen LogP contribution in [0.15, 0.2) is 18.2 Å². The van der Waals surface area contributed by atoms with Gasteiger partial charge in [0.05, 0.1) is 0 Å². The molecule has 0 saturated carbocycles. The number of alkyl halides is 1. The minimum Gasteiger partial charge on any atom is -0.349 e. The maximum Gasteiger partial charge on any atom is 0.251 e. The second kappa shape index (κ2) is 6.01. The molecular weight excluding hydrogens is 241 g/mol. The Morgan fingerprint density at radius 2 is 2.06 bits per heavy atom. The highest BCUT2D eigenvalue weighted by Gasteiger charge is 2.15. The van der Waals surface area contributed by atoms with Gasteiger partial charge in [0.1, 0.15) is 5.82 Å². The molecule has 0 aromatic heterocycles. The van der Waals surface area contributed by atoms with Gasteiger partial charge in [-0.15, -0.1) is 11.6 Å². The predicted molar refractivity (Wildman–Crippen MR) is 67.9 cm³/mol. The van der Waals surface area contributed by atoms with Gasteiger partial charge in [0.2, 0.25) is 0 Å². The Morgan fingerprint density at radius 1 is 1.41 bits per heavy atom. The first-order valence-corrected chi connectivity index (χ1v) is 6.11. The van der Waals surface area contributed by atoms with Crippen molar-refractivity contribution in [3.63, 3.8) is 0 Å². The molecule has 0 aliphatic rings. The van der Waals surface area contributed by atoms with Crippen molar-refractivity contribution in [1.29, 1.82) is 0 Å². The number of hydrogen-bond donors (Lipinski definition) is 1. The highest BCUT2D eigenvalue weighted by atomic mass is 35.5. The summed E-state index contributed by atoms with van der Waals surface area (Å²) < 4.78 is 13.1. The normalized spacial score (nSPS) is 14.2. The first-order valence-electron chi connectivity index (χ1n) is 5.58. The van der Waals surface area contributed by atoms with Crippen molar-refractivity contribution < 1.29 is 9.18 Å². The maximum absolute atomic E-state index is 13.1. The molecule has 1 N–H and O–H groups in total. The fraction of sp³-hybridized carbons (Fsp3) is 0.462. The molecule has 1 aromatic rings. The van der Waals surface area contributed by atoms with Crippen LogP contribution in [-0.4, -0.2) is 17.8 Å². The average molecular weight is 258 g/mol. The molecule has 0 saturated heterocycles. The van der Waals surface area contributed by atoms with Gasteiger partial charge >= 0.3 is 0 Å². The molecule has 0 heterocycles. The Bertz CT molecular complexity index is 388. The molecule has 1 aromatic carbocycles. The highest BCUT2D eigenvalue weighted by Crippen LogP contribution is 2.10. The second-order valence-corrected chi connectivity index (χ2v) is 4.72. The zero-order valence-electron chi connectivity index (χ0n) is 10.3. The van der Waals surface area contributed by atoms with E-state index in [1.54, 1.807) is 13.0 Å². The van der Waals surface area contributed by atoms with Crippen LogP contribution in [-0.2, 0) is 0 Å². The van der Waals surface area contributed by atoms with Crippen molar-refractivity contribution in [1.82, 2.24) is 5.32 Å². The zero-order chi connectivity index (χ0) is 13.0. The largest absolute Gasteiger partial charge is 0.349 e. The summed E-state index contributed by atoms with van der Waals surface area (Å²) in [5.74, 6) is -0.00980. The zero-order valence-corrected chi connectivity index (χ0v) is 11.0. The van der Waals surface area contributed by atoms with Gasteiger partial charge in [0.25, 0.3) is 5.91 Å². The summed E-state index contributed by atoms with van der Waals surface area (Å²) in [4.78, 5) is 11.9. The van der Waals surface area contributed by atoms with E-state index in [1.807, 2.05) is 13.8 Å². The third-order valence-corrected chi connectivity index (χ3v) is 3.25. The van der Waals surface area contributed by atoms with Gasteiger partial charge in [-0.3, -0.25) is 4.79 Å². The molecule has 0 fully saturated rings. The Morgan fingerprint density at radius 3 is 2.59 bits per heavy atom. The van der Waals surface area contributed by atoms with Crippen molar-refractivity contribution >= 4 is 17.5 Å². The highest BCUT2D eigenvalue weighted by molar-refractivity contribution is 6.18. The van der Waals surface area contributed by atoms with Crippen LogP contribution in [0.4, 0.5) is 4.39 Å². The van der Waals surface area contributed by atoms with Gasteiger partial charge in [-0.1, -0.05) is 6.92 Å². The van der Waals surface area contributed by atoms with E-state index in [0.29, 0.717) is 11.4 Å². The van der Waals surface area contributed by atoms with Crippen LogP contribution in [0.5, 0.6) is 0 Å². The molecule has 4 heteroatoms. The molecule has 17 heavy (non-hydrogen) atoms. The molecular formula is C13H17ClFNO. The van der Waals surface area contributed by atoms with E-state index in [4.69, 9.17) is 11.6 Å². The van der Waals surface area contributed by atoms with E-state index in [2.05, 4.69) is 5.32 Å². The molecule has 2 atom stereocenters. The van der Waals surface area contributed by atoms with Gasteiger partial charge in [-0.05, 0) is 43.5 Å². The molecule has 0 aliphatic heterocycles. The van der Waals surface area contributed by atoms with Gasteiger partial charge in [-0.25, -0.2) is 4.39 Å². The minimum absolute atomic E-state index is 0.0384. The van der Waals surface area contributed by atoms with Crippen molar-refractivity contribution in [3.05, 3.63) is 35.1 Å². The number of aryl methyl sites for hydroxylation is 1. The van der Waals surface area contributed by atoms with Crippen LogP contribution in [0, 0.1) is 18.7 Å². The van der Waals surface area contributed by atoms with E-state index in [-0.39, 0.29) is 17.9 Å². The van der Waals surface area contributed by atoms with Crippen LogP contribution in [0.3, 0.4) is 0 Å². The number of nitrogens with one attached hydrogen (secondary N) is 1. The van der Waals surface area contributed by atoms with E-state index in [0.717, 1.165) is 5.56 Å². The fourth-order valence-corrected chi connectivity index (χ4v) is 1.70. The summed E-state index contributed by atoms with van der Waals surface area (Å²) in [6, 6.07) is 4.25. The summed E-state index contributed by atoms with van der Waals surface area (Å²) in [6.07, 6.45) is 0. The minimum atomic E-state index is -0.395. The Kier molecular flexibility index (Phi) is 4.94. The summed E-state index contributed by atoms with van der Waals surface area (Å²) in [7, 11) is 0. The lowest BCUT2D eigenvalue weighted by atomic mass is 10.1. The molecule has 1 rings (SSSR count). The standard InChI is InChI=1S/C13H17ClFNO/c1-8-4-11(6-12(15)5-8)13(17)16-10(3)9(2)7-14/h4-6,9-10H,7H2,1-3H3,(H,16,17). The summed E-state index contributed by atoms with van der Waals surface area (Å²) in [5, 5.41) is 2.81. The second-order valence-electron chi connectivity index (χ2n) is 4.41. The molecule has 0 aliphatic carbocycles. The lowest BCUT2D eigenvalue weighted by Gasteiger charge is -2.19. The number of carbonyl (C=O) groups excluding carboxylic acids is 1. The van der Waals surface area contributed by atoms with Crippen LogP contribution in [0.1, 0.15) is 29.8 Å². The Balaban J connectivity index is 2.76. The van der Waals surface area contributed by atoms with Crippen molar-refractivity contribution in [2.24, 2.45) is 5.92 Å². The quantitative estimate of drug-likeness (QED) is 0.825. The molecule has 2 nitrogen and oxygen atoms in total. The molecule has 0 spiro atoms. The third kappa shape index (κ3) is 4.00. The van der Waals surface area contributed by atoms with Gasteiger partial charge in [0.15, 0.2) is 0 Å². The van der Waals surface area contributed by atoms with Crippen LogP contribution < -0.4 is 5.32 Å². The van der Waals surface area contributed by atoms with E-state index in [9.17, 15) is 9.18 Å². The monoisotopic (exact) mass is 257 g/mol. The number of amides is 1. The van der Waals surface area contributed by atoms with E-state index < -0.39 is 5.82 Å². The fourth-order valence-electron chi connectivity index (χ4n) is 1.43. The average Bonchev–Trinajstić information content (AvgIpc) is 2.26. The van der Waals surface area contributed by atoms with Gasteiger partial charge in [0, 0.05) is 17.5 Å². The predicted octanol–water partition coefficient (Wildman–Crippen LogP) is 3.13. The number of hydrogen-bond acceptors (Lipinski definition) is 1. The molecule has 0 bridgehead atoms. The lowest BCUT2D eigenvalue weighted by molar-refractivity contribution is 0.0930. The summed E-state index contributed by atoms with van der Waals surface area (Å²) >= 11 is 5.72. The maximum atomic E-state index is 13.1. The smallest absolute Gasteiger partial charge is 0.251 e. The lowest BCUT2D eigenvalue weighted by Crippen LogP contribution is -2.37. The number of rotatable bonds is 4. The van der Waals surface area contributed by atoms with E-state index in [1.165, 1.54) is 12.1 Å². The van der Waals surface area contributed by atoms with E-state index >= 15 is 0 Å². The van der Waals surface area contributed by atoms with Crippen LogP contribution in [0.25, 0.3) is 0 Å². The van der Waals surface area contributed by atoms with Crippen LogP contribution in [0.2, 0.25) is 0 Å². The van der Waals surface area contributed by atoms with Gasteiger partial charge in [-0.2, -0.15) is 0 Å². The number of halogens is 2. The first kappa shape index (κ1) is 14.0. The number of benzene rings is 1. The molecule has 2 unspecified atom stereocenters. The Labute approximate surface area is 106 Å². The van der Waals surface area contributed by atoms with Crippen molar-refractivity contribution in [2.45, 2.75) is 26.8 Å². The molecule has 1 amide bonds. The topological polar surface area (TPSA) is 29.1 Å². The van der Waals surface area contributed by atoms with Crippen LogP contribution >= 0.6 is 11.6 Å². The molecule has 94 valence electrons. The number of carbonyl (C=O) groups is 1.